The maximum absolute atomic E-state index is 6.30. The van der Waals surface area contributed by atoms with Gasteiger partial charge in [-0.1, -0.05) is 37.3 Å². The number of aryl methyl sites for hydroxylation is 1. The Balaban J connectivity index is 1.70. The molecule has 0 spiro atoms. The number of nitrogens with two attached hydrogens (primary N) is 1. The molecule has 0 bridgehead atoms. The van der Waals surface area contributed by atoms with Crippen molar-refractivity contribution >= 4 is 0 Å². The quantitative estimate of drug-likeness (QED) is 0.881. The van der Waals surface area contributed by atoms with Gasteiger partial charge in [0.25, 0.3) is 0 Å². The Bertz CT molecular complexity index is 350. The maximum Gasteiger partial charge on any atom is 0.0170 e. The van der Waals surface area contributed by atoms with E-state index in [0.29, 0.717) is 6.04 Å². The molecule has 2 rings (SSSR count). The zero-order valence-corrected chi connectivity index (χ0v) is 12.2. The van der Waals surface area contributed by atoms with Crippen molar-refractivity contribution in [1.29, 1.82) is 0 Å². The Morgan fingerprint density at radius 3 is 2.79 bits per heavy atom. The summed E-state index contributed by atoms with van der Waals surface area (Å²) in [4.78, 5) is 2.57. The largest absolute Gasteiger partial charge is 0.327 e. The van der Waals surface area contributed by atoms with Crippen LogP contribution in [0.25, 0.3) is 0 Å². The van der Waals surface area contributed by atoms with Gasteiger partial charge in [0.1, 0.15) is 0 Å². The predicted molar refractivity (Wildman–Crippen MR) is 82.2 cm³/mol. The summed E-state index contributed by atoms with van der Waals surface area (Å²) in [6.45, 7) is 5.92. The summed E-state index contributed by atoms with van der Waals surface area (Å²) >= 11 is 0. The van der Waals surface area contributed by atoms with Gasteiger partial charge in [-0.15, -0.1) is 0 Å². The molecule has 0 saturated carbocycles. The third-order valence-electron chi connectivity index (χ3n) is 4.25. The van der Waals surface area contributed by atoms with Crippen molar-refractivity contribution in [2.24, 2.45) is 11.7 Å². The van der Waals surface area contributed by atoms with Crippen molar-refractivity contribution in [3.05, 3.63) is 35.9 Å². The van der Waals surface area contributed by atoms with E-state index < -0.39 is 0 Å². The molecule has 1 aromatic rings. The molecule has 0 aliphatic carbocycles. The second-order valence-corrected chi connectivity index (χ2v) is 6.12. The Morgan fingerprint density at radius 2 is 2.00 bits per heavy atom. The van der Waals surface area contributed by atoms with Gasteiger partial charge in [-0.2, -0.15) is 0 Å². The zero-order chi connectivity index (χ0) is 13.5. The van der Waals surface area contributed by atoms with Gasteiger partial charge in [0.15, 0.2) is 0 Å². The van der Waals surface area contributed by atoms with Crippen LogP contribution in [0.5, 0.6) is 0 Å². The number of benzene rings is 1. The second kappa shape index (κ2) is 7.66. The zero-order valence-electron chi connectivity index (χ0n) is 12.2. The molecular weight excluding hydrogens is 232 g/mol. The fourth-order valence-electron chi connectivity index (χ4n) is 2.92. The number of hydrogen-bond donors (Lipinski definition) is 1. The minimum absolute atomic E-state index is 0.314. The maximum atomic E-state index is 6.30. The lowest BCUT2D eigenvalue weighted by Gasteiger charge is -2.24. The molecule has 2 atom stereocenters. The van der Waals surface area contributed by atoms with Crippen LogP contribution in [0, 0.1) is 5.92 Å². The molecule has 106 valence electrons. The molecule has 1 heterocycles. The molecule has 2 unspecified atom stereocenters. The minimum atomic E-state index is 0.314. The normalized spacial score (nSPS) is 22.9. The van der Waals surface area contributed by atoms with Gasteiger partial charge in [-0.25, -0.2) is 0 Å². The lowest BCUT2D eigenvalue weighted by Crippen LogP contribution is -2.38. The van der Waals surface area contributed by atoms with Crippen LogP contribution in [0.3, 0.4) is 0 Å². The minimum Gasteiger partial charge on any atom is -0.327 e. The molecule has 1 aromatic carbocycles. The predicted octanol–water partition coefficient (Wildman–Crippen LogP) is 3.07. The van der Waals surface area contributed by atoms with Crippen LogP contribution in [0.2, 0.25) is 0 Å². The lowest BCUT2D eigenvalue weighted by molar-refractivity contribution is 0.259. The number of rotatable bonds is 5. The van der Waals surface area contributed by atoms with Crippen molar-refractivity contribution in [2.75, 3.05) is 19.6 Å². The van der Waals surface area contributed by atoms with E-state index in [0.717, 1.165) is 25.3 Å². The summed E-state index contributed by atoms with van der Waals surface area (Å²) < 4.78 is 0. The number of hydrogen-bond acceptors (Lipinski definition) is 2. The molecule has 1 aliphatic rings. The van der Waals surface area contributed by atoms with Gasteiger partial charge in [0.2, 0.25) is 0 Å². The van der Waals surface area contributed by atoms with E-state index in [9.17, 15) is 0 Å². The molecule has 1 saturated heterocycles. The Kier molecular flexibility index (Phi) is 5.87. The van der Waals surface area contributed by atoms with Gasteiger partial charge >= 0.3 is 0 Å². The van der Waals surface area contributed by atoms with E-state index in [-0.39, 0.29) is 0 Å². The van der Waals surface area contributed by atoms with E-state index >= 15 is 0 Å². The molecule has 2 nitrogen and oxygen atoms in total. The molecular formula is C17H28N2. The molecule has 2 heteroatoms. The van der Waals surface area contributed by atoms with Crippen LogP contribution in [-0.4, -0.2) is 30.6 Å². The fraction of sp³-hybridized carbons (Fsp3) is 0.647. The Hall–Kier alpha value is -0.860. The highest BCUT2D eigenvalue weighted by Gasteiger charge is 2.15. The van der Waals surface area contributed by atoms with Crippen LogP contribution in [-0.2, 0) is 6.42 Å². The molecule has 0 radical (unpaired) electrons. The third kappa shape index (κ3) is 5.33. The highest BCUT2D eigenvalue weighted by atomic mass is 15.1. The first-order valence-corrected chi connectivity index (χ1v) is 7.76. The topological polar surface area (TPSA) is 29.3 Å². The van der Waals surface area contributed by atoms with Gasteiger partial charge in [-0.05, 0) is 56.7 Å². The summed E-state index contributed by atoms with van der Waals surface area (Å²) in [6.07, 6.45) is 6.26. The van der Waals surface area contributed by atoms with Gasteiger partial charge in [0.05, 0.1) is 0 Å². The smallest absolute Gasteiger partial charge is 0.0170 e. The van der Waals surface area contributed by atoms with Gasteiger partial charge < -0.3 is 10.6 Å². The summed E-state index contributed by atoms with van der Waals surface area (Å²) in [6, 6.07) is 11.0. The average molecular weight is 260 g/mol. The standard InChI is InChI=1S/C17H28N2/c1-15-6-5-12-19(13-11-15)14-17(18)10-9-16-7-3-2-4-8-16/h2-4,7-8,15,17H,5-6,9-14,18H2,1H3. The third-order valence-corrected chi connectivity index (χ3v) is 4.25. The fourth-order valence-corrected chi connectivity index (χ4v) is 2.92. The SMILES string of the molecule is CC1CCCN(CC(N)CCc2ccccc2)CC1. The molecule has 0 amide bonds. The van der Waals surface area contributed by atoms with Crippen LogP contribution < -0.4 is 5.73 Å². The molecule has 2 N–H and O–H groups in total. The van der Waals surface area contributed by atoms with Crippen LogP contribution >= 0.6 is 0 Å². The van der Waals surface area contributed by atoms with E-state index in [1.54, 1.807) is 0 Å². The van der Waals surface area contributed by atoms with E-state index in [1.165, 1.54) is 37.9 Å². The van der Waals surface area contributed by atoms with Crippen LogP contribution in [0.1, 0.15) is 38.2 Å². The highest BCUT2D eigenvalue weighted by Crippen LogP contribution is 2.16. The lowest BCUT2D eigenvalue weighted by atomic mass is 10.0. The van der Waals surface area contributed by atoms with E-state index in [1.807, 2.05) is 0 Å². The first-order valence-electron chi connectivity index (χ1n) is 7.76. The summed E-state index contributed by atoms with van der Waals surface area (Å²) in [5.74, 6) is 0.894. The van der Waals surface area contributed by atoms with Crippen molar-refractivity contribution < 1.29 is 0 Å². The van der Waals surface area contributed by atoms with Crippen LogP contribution in [0.15, 0.2) is 30.3 Å². The summed E-state index contributed by atoms with van der Waals surface area (Å²) in [5, 5.41) is 0. The average Bonchev–Trinajstić information content (AvgIpc) is 2.63. The molecule has 1 fully saturated rings. The van der Waals surface area contributed by atoms with Gasteiger partial charge in [0, 0.05) is 12.6 Å². The molecule has 1 aliphatic heterocycles. The van der Waals surface area contributed by atoms with Crippen molar-refractivity contribution in [3.8, 4) is 0 Å². The molecule has 19 heavy (non-hydrogen) atoms. The number of likely N-dealkylation sites (tertiary alicyclic amines) is 1. The van der Waals surface area contributed by atoms with Crippen LogP contribution in [0.4, 0.5) is 0 Å². The van der Waals surface area contributed by atoms with E-state index in [2.05, 4.69) is 42.2 Å². The van der Waals surface area contributed by atoms with E-state index in [4.69, 9.17) is 5.73 Å². The summed E-state index contributed by atoms with van der Waals surface area (Å²) in [7, 11) is 0. The second-order valence-electron chi connectivity index (χ2n) is 6.12. The monoisotopic (exact) mass is 260 g/mol. The first-order chi connectivity index (χ1) is 9.24. The van der Waals surface area contributed by atoms with Gasteiger partial charge in [-0.3, -0.25) is 0 Å². The van der Waals surface area contributed by atoms with Crippen molar-refractivity contribution in [1.82, 2.24) is 4.90 Å². The molecule has 0 aromatic heterocycles. The van der Waals surface area contributed by atoms with Crippen molar-refractivity contribution in [3.63, 3.8) is 0 Å². The Morgan fingerprint density at radius 1 is 1.21 bits per heavy atom. The number of nitrogens with zero attached hydrogens (tertiary/aromatic N) is 1. The summed E-state index contributed by atoms with van der Waals surface area (Å²) in [5.41, 5.74) is 7.70. The van der Waals surface area contributed by atoms with Crippen molar-refractivity contribution in [2.45, 2.75) is 45.1 Å². The first kappa shape index (κ1) is 14.5. The highest BCUT2D eigenvalue weighted by molar-refractivity contribution is 5.14. The Labute approximate surface area is 118 Å².